The molecule has 0 fully saturated rings. The minimum atomic E-state index is -0.0925. The van der Waals surface area contributed by atoms with Crippen LogP contribution in [0.2, 0.25) is 0 Å². The second-order valence-electron chi connectivity index (χ2n) is 3.61. The highest BCUT2D eigenvalue weighted by Crippen LogP contribution is 2.33. The standard InChI is InChI=1S/C10H12ClNOS/c1-6-5-14-10-4-8(7(2)11)3-9(13)12(6)10/h3-4,6-7H,5H2,1-2H3/t6?,7-/m1/s1. The minimum absolute atomic E-state index is 0.0718. The SMILES string of the molecule is CC1CSc2cc([C@@H](C)Cl)cc(=O)n21. The molecular formula is C10H12ClNOS. The van der Waals surface area contributed by atoms with E-state index in [1.54, 1.807) is 17.8 Å². The van der Waals surface area contributed by atoms with E-state index in [0.29, 0.717) is 6.04 Å². The predicted molar refractivity (Wildman–Crippen MR) is 60.4 cm³/mol. The third-order valence-electron chi connectivity index (χ3n) is 2.43. The maximum Gasteiger partial charge on any atom is 0.251 e. The van der Waals surface area contributed by atoms with Crippen molar-refractivity contribution in [1.29, 1.82) is 0 Å². The molecule has 0 saturated carbocycles. The number of hydrogen-bond acceptors (Lipinski definition) is 2. The van der Waals surface area contributed by atoms with Gasteiger partial charge in [-0.1, -0.05) is 0 Å². The van der Waals surface area contributed by atoms with E-state index in [-0.39, 0.29) is 10.9 Å². The van der Waals surface area contributed by atoms with Gasteiger partial charge in [-0.2, -0.15) is 0 Å². The number of thioether (sulfide) groups is 1. The summed E-state index contributed by atoms with van der Waals surface area (Å²) < 4.78 is 1.84. The normalized spacial score (nSPS) is 22.1. The van der Waals surface area contributed by atoms with Crippen molar-refractivity contribution in [3.63, 3.8) is 0 Å². The third-order valence-corrected chi connectivity index (χ3v) is 3.94. The lowest BCUT2D eigenvalue weighted by atomic mass is 10.2. The van der Waals surface area contributed by atoms with Gasteiger partial charge in [0.1, 0.15) is 0 Å². The van der Waals surface area contributed by atoms with E-state index in [0.717, 1.165) is 16.3 Å². The number of halogens is 1. The van der Waals surface area contributed by atoms with E-state index in [1.165, 1.54) is 0 Å². The van der Waals surface area contributed by atoms with Crippen LogP contribution in [0.25, 0.3) is 0 Å². The Balaban J connectivity index is 2.57. The maximum atomic E-state index is 11.7. The Kier molecular flexibility index (Phi) is 2.62. The van der Waals surface area contributed by atoms with Crippen LogP contribution >= 0.6 is 23.4 Å². The van der Waals surface area contributed by atoms with Crippen molar-refractivity contribution in [1.82, 2.24) is 4.57 Å². The fourth-order valence-electron chi connectivity index (χ4n) is 1.63. The van der Waals surface area contributed by atoms with Gasteiger partial charge in [-0.3, -0.25) is 9.36 Å². The summed E-state index contributed by atoms with van der Waals surface area (Å²) in [7, 11) is 0. The van der Waals surface area contributed by atoms with Gasteiger partial charge in [0.05, 0.1) is 10.4 Å². The summed E-state index contributed by atoms with van der Waals surface area (Å²) in [5.74, 6) is 0.982. The lowest BCUT2D eigenvalue weighted by molar-refractivity contribution is 0.561. The molecule has 0 amide bonds. The molecule has 1 aliphatic rings. The fourth-order valence-corrected chi connectivity index (χ4v) is 2.95. The van der Waals surface area contributed by atoms with Gasteiger partial charge in [-0.05, 0) is 25.5 Å². The predicted octanol–water partition coefficient (Wildman–Crippen LogP) is 2.81. The number of rotatable bonds is 1. The molecule has 0 radical (unpaired) electrons. The molecule has 2 rings (SSSR count). The summed E-state index contributed by atoms with van der Waals surface area (Å²) in [6, 6.07) is 3.97. The van der Waals surface area contributed by atoms with Crippen molar-refractivity contribution < 1.29 is 0 Å². The van der Waals surface area contributed by atoms with Crippen LogP contribution in [0.1, 0.15) is 30.8 Å². The number of pyridine rings is 1. The van der Waals surface area contributed by atoms with Gasteiger partial charge in [-0.25, -0.2) is 0 Å². The fraction of sp³-hybridized carbons (Fsp3) is 0.500. The van der Waals surface area contributed by atoms with Crippen LogP contribution in [-0.2, 0) is 0 Å². The Bertz CT molecular complexity index is 413. The molecule has 0 spiro atoms. The lowest BCUT2D eigenvalue weighted by Gasteiger charge is -2.10. The van der Waals surface area contributed by atoms with Gasteiger partial charge in [0.15, 0.2) is 0 Å². The van der Waals surface area contributed by atoms with Gasteiger partial charge < -0.3 is 0 Å². The van der Waals surface area contributed by atoms with Crippen molar-refractivity contribution >= 4 is 23.4 Å². The summed E-state index contributed by atoms with van der Waals surface area (Å²) in [6.45, 7) is 3.95. The topological polar surface area (TPSA) is 22.0 Å². The Morgan fingerprint density at radius 3 is 3.00 bits per heavy atom. The molecule has 2 nitrogen and oxygen atoms in total. The monoisotopic (exact) mass is 229 g/mol. The summed E-state index contributed by atoms with van der Waals surface area (Å²) >= 11 is 7.68. The van der Waals surface area contributed by atoms with Crippen LogP contribution < -0.4 is 5.56 Å². The van der Waals surface area contributed by atoms with Crippen molar-refractivity contribution in [3.05, 3.63) is 28.0 Å². The summed E-state index contributed by atoms with van der Waals surface area (Å²) in [5, 5.41) is 0.956. The number of aromatic nitrogens is 1. The molecule has 1 aliphatic heterocycles. The summed E-state index contributed by atoms with van der Waals surface area (Å²) in [5.41, 5.74) is 0.993. The number of nitrogens with zero attached hydrogens (tertiary/aromatic N) is 1. The second-order valence-corrected chi connectivity index (χ2v) is 5.31. The number of alkyl halides is 1. The molecule has 0 N–H and O–H groups in total. The minimum Gasteiger partial charge on any atom is -0.300 e. The average Bonchev–Trinajstić information content (AvgIpc) is 2.48. The van der Waals surface area contributed by atoms with Gasteiger partial charge in [-0.15, -0.1) is 23.4 Å². The molecule has 14 heavy (non-hydrogen) atoms. The molecule has 1 aromatic heterocycles. The van der Waals surface area contributed by atoms with Crippen molar-refractivity contribution in [2.45, 2.75) is 30.3 Å². The highest BCUT2D eigenvalue weighted by atomic mass is 35.5. The Morgan fingerprint density at radius 2 is 2.36 bits per heavy atom. The molecule has 0 aliphatic carbocycles. The Hall–Kier alpha value is -0.410. The largest absolute Gasteiger partial charge is 0.300 e. The second kappa shape index (κ2) is 3.63. The Morgan fingerprint density at radius 1 is 1.64 bits per heavy atom. The van der Waals surface area contributed by atoms with Gasteiger partial charge >= 0.3 is 0 Å². The highest BCUT2D eigenvalue weighted by molar-refractivity contribution is 7.99. The Labute approximate surface area is 92.3 Å². The van der Waals surface area contributed by atoms with Gasteiger partial charge in [0.25, 0.3) is 5.56 Å². The molecule has 1 unspecified atom stereocenters. The third kappa shape index (κ3) is 1.59. The first-order chi connectivity index (χ1) is 6.59. The van der Waals surface area contributed by atoms with Gasteiger partial charge in [0.2, 0.25) is 0 Å². The molecule has 1 aromatic rings. The molecule has 2 atom stereocenters. The van der Waals surface area contributed by atoms with E-state index in [1.807, 2.05) is 17.6 Å². The molecular weight excluding hydrogens is 218 g/mol. The van der Waals surface area contributed by atoms with Crippen molar-refractivity contribution in [3.8, 4) is 0 Å². The van der Waals surface area contributed by atoms with Crippen LogP contribution in [0.4, 0.5) is 0 Å². The van der Waals surface area contributed by atoms with E-state index < -0.39 is 0 Å². The number of hydrogen-bond donors (Lipinski definition) is 0. The maximum absolute atomic E-state index is 11.7. The highest BCUT2D eigenvalue weighted by Gasteiger charge is 2.20. The first kappa shape index (κ1) is 10.1. The molecule has 4 heteroatoms. The first-order valence-corrected chi connectivity index (χ1v) is 6.05. The van der Waals surface area contributed by atoms with Crippen molar-refractivity contribution in [2.75, 3.05) is 5.75 Å². The van der Waals surface area contributed by atoms with E-state index in [9.17, 15) is 4.79 Å². The summed E-state index contributed by atoms with van der Waals surface area (Å²) in [4.78, 5) is 11.7. The zero-order valence-corrected chi connectivity index (χ0v) is 9.73. The van der Waals surface area contributed by atoms with Gasteiger partial charge in [0, 0.05) is 17.9 Å². The van der Waals surface area contributed by atoms with Crippen LogP contribution in [0.3, 0.4) is 0 Å². The zero-order valence-electron chi connectivity index (χ0n) is 8.16. The molecule has 2 heterocycles. The van der Waals surface area contributed by atoms with E-state index in [4.69, 9.17) is 11.6 Å². The van der Waals surface area contributed by atoms with Crippen LogP contribution in [0, 0.1) is 0 Å². The number of fused-ring (bicyclic) bond motifs is 1. The zero-order chi connectivity index (χ0) is 10.3. The summed E-state index contributed by atoms with van der Waals surface area (Å²) in [6.07, 6.45) is 0. The molecule has 76 valence electrons. The van der Waals surface area contributed by atoms with Crippen LogP contribution in [-0.4, -0.2) is 10.3 Å². The quantitative estimate of drug-likeness (QED) is 0.691. The smallest absolute Gasteiger partial charge is 0.251 e. The average molecular weight is 230 g/mol. The molecule has 0 aromatic carbocycles. The first-order valence-electron chi connectivity index (χ1n) is 4.63. The van der Waals surface area contributed by atoms with E-state index >= 15 is 0 Å². The van der Waals surface area contributed by atoms with Crippen molar-refractivity contribution in [2.24, 2.45) is 0 Å². The molecule has 0 saturated heterocycles. The van der Waals surface area contributed by atoms with E-state index in [2.05, 4.69) is 6.92 Å². The van der Waals surface area contributed by atoms with Crippen LogP contribution in [0.5, 0.6) is 0 Å². The lowest BCUT2D eigenvalue weighted by Crippen LogP contribution is -2.21. The molecule has 0 bridgehead atoms. The van der Waals surface area contributed by atoms with Crippen LogP contribution in [0.15, 0.2) is 22.0 Å².